The van der Waals surface area contributed by atoms with Gasteiger partial charge in [-0.05, 0) is 87.1 Å². The number of hydrogen-bond donors (Lipinski definition) is 2. The summed E-state index contributed by atoms with van der Waals surface area (Å²) in [7, 11) is 1.68. The van der Waals surface area contributed by atoms with Crippen molar-refractivity contribution in [1.82, 2.24) is 5.32 Å². The molecule has 0 fully saturated rings. The van der Waals surface area contributed by atoms with Gasteiger partial charge in [0.25, 0.3) is 5.91 Å². The van der Waals surface area contributed by atoms with Crippen LogP contribution in [-0.4, -0.2) is 23.7 Å². The third kappa shape index (κ3) is 11.2. The van der Waals surface area contributed by atoms with Gasteiger partial charge in [0.05, 0.1) is 7.11 Å². The van der Waals surface area contributed by atoms with Gasteiger partial charge in [-0.1, -0.05) is 97.3 Å². The molecule has 0 saturated heterocycles. The van der Waals surface area contributed by atoms with E-state index in [0.717, 1.165) is 53.5 Å². The number of nitrogens with one attached hydrogen (secondary N) is 1. The Kier molecular flexibility index (Phi) is 14.1. The lowest BCUT2D eigenvalue weighted by Crippen LogP contribution is -2.46. The number of methoxy groups -OCH3 is 1. The fourth-order valence-electron chi connectivity index (χ4n) is 6.02. The van der Waals surface area contributed by atoms with Crippen molar-refractivity contribution in [2.75, 3.05) is 7.11 Å². The number of ether oxygens (including phenoxy) is 1. The molecule has 0 aliphatic rings. The fraction of sp³-hybridized carbons (Fsp3) is 0.639. The Hall–Kier alpha value is -2.49. The number of phenolic OH excluding ortho intramolecular Hbond substituents is 1. The van der Waals surface area contributed by atoms with Gasteiger partial charge in [-0.25, -0.2) is 0 Å². The molecule has 0 spiro atoms. The van der Waals surface area contributed by atoms with Crippen LogP contribution >= 0.6 is 0 Å². The summed E-state index contributed by atoms with van der Waals surface area (Å²) < 4.78 is 5.61. The quantitative estimate of drug-likeness (QED) is 0.194. The molecule has 4 heteroatoms. The van der Waals surface area contributed by atoms with E-state index in [9.17, 15) is 9.90 Å². The monoisotopic (exact) mass is 551 g/mol. The van der Waals surface area contributed by atoms with Crippen molar-refractivity contribution in [2.24, 2.45) is 17.8 Å². The van der Waals surface area contributed by atoms with E-state index in [2.05, 4.69) is 39.9 Å². The van der Waals surface area contributed by atoms with Gasteiger partial charge in [-0.3, -0.25) is 4.79 Å². The first-order valence-electron chi connectivity index (χ1n) is 15.7. The number of phenols is 1. The first-order chi connectivity index (χ1) is 19.0. The fourth-order valence-corrected chi connectivity index (χ4v) is 6.02. The Labute approximate surface area is 245 Å². The van der Waals surface area contributed by atoms with Gasteiger partial charge in [0, 0.05) is 16.7 Å². The molecule has 40 heavy (non-hydrogen) atoms. The lowest BCUT2D eigenvalue weighted by Gasteiger charge is -2.32. The van der Waals surface area contributed by atoms with Crippen molar-refractivity contribution in [1.29, 1.82) is 0 Å². The normalized spacial score (nSPS) is 14.5. The number of aromatic hydroxyl groups is 1. The van der Waals surface area contributed by atoms with Crippen molar-refractivity contribution in [3.8, 4) is 11.5 Å². The lowest BCUT2D eigenvalue weighted by atomic mass is 9.84. The molecular weight excluding hydrogens is 494 g/mol. The predicted molar refractivity (Wildman–Crippen MR) is 169 cm³/mol. The van der Waals surface area contributed by atoms with Crippen LogP contribution < -0.4 is 10.1 Å². The minimum absolute atomic E-state index is 0.0370. The van der Waals surface area contributed by atoms with Crippen LogP contribution in [0.3, 0.4) is 0 Å². The molecule has 4 nitrogen and oxygen atoms in total. The zero-order valence-electron chi connectivity index (χ0n) is 26.7. The van der Waals surface area contributed by atoms with Crippen LogP contribution in [0.15, 0.2) is 36.4 Å². The van der Waals surface area contributed by atoms with Crippen molar-refractivity contribution < 1.29 is 14.6 Å². The Bertz CT molecular complexity index is 1030. The molecule has 1 amide bonds. The maximum absolute atomic E-state index is 13.2. The van der Waals surface area contributed by atoms with Gasteiger partial charge in [-0.2, -0.15) is 0 Å². The summed E-state index contributed by atoms with van der Waals surface area (Å²) >= 11 is 0. The zero-order chi connectivity index (χ0) is 29.7. The van der Waals surface area contributed by atoms with Crippen LogP contribution in [-0.2, 0) is 6.42 Å². The van der Waals surface area contributed by atoms with Crippen LogP contribution in [0.4, 0.5) is 0 Å². The van der Waals surface area contributed by atoms with Gasteiger partial charge in [0.1, 0.15) is 11.5 Å². The van der Waals surface area contributed by atoms with Crippen molar-refractivity contribution in [3.63, 3.8) is 0 Å². The highest BCUT2D eigenvalue weighted by molar-refractivity contribution is 5.94. The standard InChI is InChI=1S/C36H57NO3/c1-26(2)15-12-16-27(3)17-13-18-28(4)19-14-23-36(7,37-35(39)31-20-10-9-11-21-31)24-22-32-30(6)34(40-8)29(5)25-33(32)38/h9-11,20-21,25-28,38H,12-19,22-24H2,1-8H3,(H,37,39). The molecule has 2 N–H and O–H groups in total. The van der Waals surface area contributed by atoms with Gasteiger partial charge < -0.3 is 15.2 Å². The minimum atomic E-state index is -0.380. The molecule has 0 bridgehead atoms. The summed E-state index contributed by atoms with van der Waals surface area (Å²) in [4.78, 5) is 13.2. The van der Waals surface area contributed by atoms with E-state index >= 15 is 0 Å². The number of benzene rings is 2. The lowest BCUT2D eigenvalue weighted by molar-refractivity contribution is 0.0893. The summed E-state index contributed by atoms with van der Waals surface area (Å²) in [6, 6.07) is 11.2. The zero-order valence-corrected chi connectivity index (χ0v) is 26.7. The SMILES string of the molecule is COc1c(C)cc(O)c(CCC(C)(CCCC(C)CCCC(C)CCCC(C)C)NC(=O)c2ccccc2)c1C. The average Bonchev–Trinajstić information content (AvgIpc) is 2.89. The van der Waals surface area contributed by atoms with Crippen molar-refractivity contribution in [2.45, 2.75) is 125 Å². The van der Waals surface area contributed by atoms with Gasteiger partial charge in [-0.15, -0.1) is 0 Å². The van der Waals surface area contributed by atoms with Crippen LogP contribution in [0.1, 0.15) is 126 Å². The molecule has 2 rings (SSSR count). The van der Waals surface area contributed by atoms with Gasteiger partial charge in [0.2, 0.25) is 0 Å². The molecule has 0 radical (unpaired) electrons. The average molecular weight is 552 g/mol. The van der Waals surface area contributed by atoms with Gasteiger partial charge >= 0.3 is 0 Å². The van der Waals surface area contributed by atoms with Crippen molar-refractivity contribution in [3.05, 3.63) is 58.7 Å². The Morgan fingerprint density at radius 1 is 0.900 bits per heavy atom. The molecule has 0 aliphatic carbocycles. The number of rotatable bonds is 18. The molecule has 2 aromatic carbocycles. The third-order valence-electron chi connectivity index (χ3n) is 8.69. The predicted octanol–water partition coefficient (Wildman–Crippen LogP) is 9.58. The van der Waals surface area contributed by atoms with Crippen LogP contribution in [0.25, 0.3) is 0 Å². The molecular formula is C36H57NO3. The molecule has 224 valence electrons. The largest absolute Gasteiger partial charge is 0.508 e. The van der Waals surface area contributed by atoms with E-state index in [1.165, 1.54) is 44.9 Å². The second kappa shape index (κ2) is 16.7. The summed E-state index contributed by atoms with van der Waals surface area (Å²) in [5, 5.41) is 14.1. The van der Waals surface area contributed by atoms with E-state index in [1.807, 2.05) is 44.2 Å². The smallest absolute Gasteiger partial charge is 0.251 e. The highest BCUT2D eigenvalue weighted by Crippen LogP contribution is 2.35. The molecule has 2 aromatic rings. The maximum atomic E-state index is 13.2. The number of aryl methyl sites for hydroxylation is 1. The van der Waals surface area contributed by atoms with Crippen LogP contribution in [0, 0.1) is 31.6 Å². The van der Waals surface area contributed by atoms with Crippen LogP contribution in [0.2, 0.25) is 0 Å². The summed E-state index contributed by atoms with van der Waals surface area (Å²) in [5.41, 5.74) is 3.11. The molecule has 3 unspecified atom stereocenters. The second-order valence-corrected chi connectivity index (χ2v) is 13.1. The number of amides is 1. The summed E-state index contributed by atoms with van der Waals surface area (Å²) in [5.74, 6) is 3.41. The highest BCUT2D eigenvalue weighted by atomic mass is 16.5. The van der Waals surface area contributed by atoms with E-state index in [0.29, 0.717) is 23.7 Å². The molecule has 0 aliphatic heterocycles. The molecule has 0 aromatic heterocycles. The molecule has 0 heterocycles. The van der Waals surface area contributed by atoms with E-state index in [4.69, 9.17) is 4.74 Å². The first-order valence-corrected chi connectivity index (χ1v) is 15.7. The highest BCUT2D eigenvalue weighted by Gasteiger charge is 2.28. The summed E-state index contributed by atoms with van der Waals surface area (Å²) in [6.45, 7) is 15.5. The topological polar surface area (TPSA) is 58.6 Å². The third-order valence-corrected chi connectivity index (χ3v) is 8.69. The number of carbonyl (C=O) groups excluding carboxylic acids is 1. The maximum Gasteiger partial charge on any atom is 0.251 e. The second-order valence-electron chi connectivity index (χ2n) is 13.1. The number of hydrogen-bond acceptors (Lipinski definition) is 3. The van der Waals surface area contributed by atoms with Gasteiger partial charge in [0.15, 0.2) is 0 Å². The van der Waals surface area contributed by atoms with E-state index < -0.39 is 0 Å². The first kappa shape index (κ1) is 33.7. The Morgan fingerprint density at radius 2 is 1.48 bits per heavy atom. The van der Waals surface area contributed by atoms with E-state index in [-0.39, 0.29) is 11.4 Å². The molecule has 3 atom stereocenters. The molecule has 0 saturated carbocycles. The Balaban J connectivity index is 1.98. The van der Waals surface area contributed by atoms with Crippen LogP contribution in [0.5, 0.6) is 11.5 Å². The summed E-state index contributed by atoms with van der Waals surface area (Å²) in [6.07, 6.45) is 12.5. The Morgan fingerprint density at radius 3 is 2.05 bits per heavy atom. The van der Waals surface area contributed by atoms with Crippen molar-refractivity contribution >= 4 is 5.91 Å². The van der Waals surface area contributed by atoms with E-state index in [1.54, 1.807) is 13.2 Å². The number of carbonyl (C=O) groups is 1. The minimum Gasteiger partial charge on any atom is -0.508 e.